The fourth-order valence-corrected chi connectivity index (χ4v) is 1.73. The minimum Gasteiger partial charge on any atom is -0.492 e. The number of nitrogens with zero attached hydrogens (tertiary/aromatic N) is 3. The maximum absolute atomic E-state index is 5.80. The fourth-order valence-electron chi connectivity index (χ4n) is 1.61. The molecule has 0 saturated carbocycles. The van der Waals surface area contributed by atoms with E-state index >= 15 is 0 Å². The summed E-state index contributed by atoms with van der Waals surface area (Å²) in [6.45, 7) is 2.17. The third kappa shape index (κ3) is 4.48. The molecule has 0 aliphatic carbocycles. The number of hydrogen-bond donors (Lipinski definition) is 1. The van der Waals surface area contributed by atoms with E-state index in [1.54, 1.807) is 12.1 Å². The molecule has 108 valence electrons. The number of benzene rings is 1. The lowest BCUT2D eigenvalue weighted by molar-refractivity contribution is 0.227. The molecule has 1 aromatic heterocycles. The third-order valence-electron chi connectivity index (χ3n) is 2.65. The van der Waals surface area contributed by atoms with Gasteiger partial charge in [0.15, 0.2) is 5.82 Å². The van der Waals surface area contributed by atoms with E-state index in [1.807, 2.05) is 24.1 Å². The van der Waals surface area contributed by atoms with Gasteiger partial charge in [-0.05, 0) is 31.3 Å². The van der Waals surface area contributed by atoms with Crippen LogP contribution in [-0.2, 0) is 13.1 Å². The predicted molar refractivity (Wildman–Crippen MR) is 75.5 cm³/mol. The van der Waals surface area contributed by atoms with Gasteiger partial charge in [-0.25, -0.2) is 0 Å². The molecule has 1 aromatic carbocycles. The molecule has 20 heavy (non-hydrogen) atoms. The van der Waals surface area contributed by atoms with Crippen LogP contribution in [0.15, 0.2) is 28.8 Å². The summed E-state index contributed by atoms with van der Waals surface area (Å²) in [6.07, 6.45) is 0. The van der Waals surface area contributed by atoms with Crippen LogP contribution in [0.1, 0.15) is 11.7 Å². The number of aromatic nitrogens is 2. The summed E-state index contributed by atoms with van der Waals surface area (Å²) in [7, 11) is 1.96. The molecule has 2 rings (SSSR count). The Morgan fingerprint density at radius 3 is 2.75 bits per heavy atom. The lowest BCUT2D eigenvalue weighted by Crippen LogP contribution is -2.24. The molecule has 0 saturated heterocycles. The first kappa shape index (κ1) is 14.8. The molecular weight excluding hydrogens is 280 g/mol. The Bertz CT molecular complexity index is 529. The van der Waals surface area contributed by atoms with Crippen LogP contribution in [0.4, 0.5) is 0 Å². The van der Waals surface area contributed by atoms with Gasteiger partial charge in [0.1, 0.15) is 12.4 Å². The van der Waals surface area contributed by atoms with Crippen LogP contribution >= 0.6 is 11.6 Å². The van der Waals surface area contributed by atoms with Gasteiger partial charge in [0, 0.05) is 11.6 Å². The normalized spacial score (nSPS) is 11.0. The molecule has 0 radical (unpaired) electrons. The molecule has 0 atom stereocenters. The highest BCUT2D eigenvalue weighted by Gasteiger charge is 2.07. The first-order chi connectivity index (χ1) is 9.67. The van der Waals surface area contributed by atoms with Gasteiger partial charge < -0.3 is 15.0 Å². The summed E-state index contributed by atoms with van der Waals surface area (Å²) in [5, 5.41) is 4.54. The fraction of sp³-hybridized carbons (Fsp3) is 0.385. The standard InChI is InChI=1S/C13H17ClN4O2/c1-18(9-12-16-13(8-15)20-17-12)6-7-19-11-4-2-10(14)3-5-11/h2-5H,6-9,15H2,1H3. The number of halogens is 1. The zero-order valence-corrected chi connectivity index (χ0v) is 12.0. The number of ether oxygens (including phenoxy) is 1. The minimum absolute atomic E-state index is 0.260. The first-order valence-corrected chi connectivity index (χ1v) is 6.63. The lowest BCUT2D eigenvalue weighted by atomic mass is 10.3. The lowest BCUT2D eigenvalue weighted by Gasteiger charge is -2.14. The molecule has 1 heterocycles. The molecule has 0 unspecified atom stereocenters. The van der Waals surface area contributed by atoms with Crippen molar-refractivity contribution in [2.45, 2.75) is 13.1 Å². The molecule has 0 aliphatic heterocycles. The van der Waals surface area contributed by atoms with Gasteiger partial charge in [-0.2, -0.15) is 4.98 Å². The Morgan fingerprint density at radius 1 is 1.35 bits per heavy atom. The van der Waals surface area contributed by atoms with Crippen molar-refractivity contribution in [2.24, 2.45) is 5.73 Å². The molecule has 0 amide bonds. The first-order valence-electron chi connectivity index (χ1n) is 6.26. The van der Waals surface area contributed by atoms with Crippen molar-refractivity contribution >= 4 is 11.6 Å². The minimum atomic E-state index is 0.260. The second kappa shape index (κ2) is 7.23. The van der Waals surface area contributed by atoms with E-state index in [2.05, 4.69) is 10.1 Å². The average Bonchev–Trinajstić information content (AvgIpc) is 2.88. The summed E-state index contributed by atoms with van der Waals surface area (Å²) in [4.78, 5) is 6.19. The van der Waals surface area contributed by atoms with Crippen molar-refractivity contribution in [1.82, 2.24) is 15.0 Å². The SMILES string of the molecule is CN(CCOc1ccc(Cl)cc1)Cc1noc(CN)n1. The molecular formula is C13H17ClN4O2. The Kier molecular flexibility index (Phi) is 5.34. The molecule has 6 nitrogen and oxygen atoms in total. The zero-order chi connectivity index (χ0) is 14.4. The van der Waals surface area contributed by atoms with Crippen LogP contribution in [-0.4, -0.2) is 35.2 Å². The van der Waals surface area contributed by atoms with Crippen molar-refractivity contribution in [1.29, 1.82) is 0 Å². The van der Waals surface area contributed by atoms with Crippen molar-refractivity contribution in [2.75, 3.05) is 20.2 Å². The number of hydrogen-bond acceptors (Lipinski definition) is 6. The highest BCUT2D eigenvalue weighted by atomic mass is 35.5. The maximum Gasteiger partial charge on any atom is 0.240 e. The monoisotopic (exact) mass is 296 g/mol. The Morgan fingerprint density at radius 2 is 2.10 bits per heavy atom. The highest BCUT2D eigenvalue weighted by Crippen LogP contribution is 2.15. The van der Waals surface area contributed by atoms with Crippen molar-refractivity contribution < 1.29 is 9.26 Å². The summed E-state index contributed by atoms with van der Waals surface area (Å²) in [6, 6.07) is 7.28. The van der Waals surface area contributed by atoms with Crippen molar-refractivity contribution in [3.63, 3.8) is 0 Å². The Balaban J connectivity index is 1.72. The Hall–Kier alpha value is -1.63. The molecule has 7 heteroatoms. The number of rotatable bonds is 7. The van der Waals surface area contributed by atoms with Crippen LogP contribution in [0.3, 0.4) is 0 Å². The van der Waals surface area contributed by atoms with E-state index in [1.165, 1.54) is 0 Å². The van der Waals surface area contributed by atoms with Gasteiger partial charge in [-0.1, -0.05) is 16.8 Å². The smallest absolute Gasteiger partial charge is 0.240 e. The van der Waals surface area contributed by atoms with Crippen LogP contribution < -0.4 is 10.5 Å². The largest absolute Gasteiger partial charge is 0.492 e. The van der Waals surface area contributed by atoms with E-state index in [9.17, 15) is 0 Å². The van der Waals surface area contributed by atoms with Gasteiger partial charge in [0.25, 0.3) is 0 Å². The average molecular weight is 297 g/mol. The van der Waals surface area contributed by atoms with Gasteiger partial charge in [-0.3, -0.25) is 4.90 Å². The topological polar surface area (TPSA) is 77.4 Å². The summed E-state index contributed by atoms with van der Waals surface area (Å²) >= 11 is 5.80. The van der Waals surface area contributed by atoms with E-state index in [4.69, 9.17) is 26.6 Å². The van der Waals surface area contributed by atoms with Gasteiger partial charge in [0.05, 0.1) is 13.1 Å². The molecule has 0 bridgehead atoms. The summed E-state index contributed by atoms with van der Waals surface area (Å²) in [5.74, 6) is 1.87. The predicted octanol–water partition coefficient (Wildman–Crippen LogP) is 1.69. The van der Waals surface area contributed by atoms with Gasteiger partial charge in [-0.15, -0.1) is 0 Å². The van der Waals surface area contributed by atoms with E-state index in [0.29, 0.717) is 29.9 Å². The van der Waals surface area contributed by atoms with Crippen LogP contribution in [0.25, 0.3) is 0 Å². The number of likely N-dealkylation sites (N-methyl/N-ethyl adjacent to an activating group) is 1. The van der Waals surface area contributed by atoms with Crippen LogP contribution in [0.5, 0.6) is 5.75 Å². The molecule has 0 spiro atoms. The van der Waals surface area contributed by atoms with Crippen LogP contribution in [0, 0.1) is 0 Å². The van der Waals surface area contributed by atoms with Crippen LogP contribution in [0.2, 0.25) is 5.02 Å². The third-order valence-corrected chi connectivity index (χ3v) is 2.90. The molecule has 0 fully saturated rings. The van der Waals surface area contributed by atoms with Gasteiger partial charge >= 0.3 is 0 Å². The molecule has 2 N–H and O–H groups in total. The molecule has 0 aliphatic rings. The maximum atomic E-state index is 5.80. The van der Waals surface area contributed by atoms with E-state index in [-0.39, 0.29) is 6.54 Å². The summed E-state index contributed by atoms with van der Waals surface area (Å²) < 4.78 is 10.6. The van der Waals surface area contributed by atoms with Gasteiger partial charge in [0.2, 0.25) is 5.89 Å². The van der Waals surface area contributed by atoms with E-state index in [0.717, 1.165) is 12.3 Å². The second-order valence-electron chi connectivity index (χ2n) is 4.35. The van der Waals surface area contributed by atoms with Crippen molar-refractivity contribution in [3.8, 4) is 5.75 Å². The summed E-state index contributed by atoms with van der Waals surface area (Å²) in [5.41, 5.74) is 5.41. The van der Waals surface area contributed by atoms with Crippen molar-refractivity contribution in [3.05, 3.63) is 41.0 Å². The quantitative estimate of drug-likeness (QED) is 0.838. The zero-order valence-electron chi connectivity index (χ0n) is 11.3. The Labute approximate surface area is 122 Å². The molecule has 2 aromatic rings. The second-order valence-corrected chi connectivity index (χ2v) is 4.79. The highest BCUT2D eigenvalue weighted by molar-refractivity contribution is 6.30. The van der Waals surface area contributed by atoms with E-state index < -0.39 is 0 Å². The number of nitrogens with two attached hydrogens (primary N) is 1.